The molecule has 1 aliphatic carbocycles. The predicted octanol–water partition coefficient (Wildman–Crippen LogP) is 5.31. The molecule has 1 saturated carbocycles. The number of nitrogens with one attached hydrogen (secondary N) is 2. The second kappa shape index (κ2) is 11.5. The van der Waals surface area contributed by atoms with Crippen LogP contribution in [-0.4, -0.2) is 66.8 Å². The number of halogens is 1. The van der Waals surface area contributed by atoms with Gasteiger partial charge in [0.15, 0.2) is 0 Å². The van der Waals surface area contributed by atoms with E-state index in [9.17, 15) is 0 Å². The lowest BCUT2D eigenvalue weighted by Crippen LogP contribution is -2.46. The van der Waals surface area contributed by atoms with Gasteiger partial charge in [-0.05, 0) is 74.8 Å². The van der Waals surface area contributed by atoms with Crippen LogP contribution >= 0.6 is 11.6 Å². The molecule has 1 aromatic heterocycles. The van der Waals surface area contributed by atoms with Crippen molar-refractivity contribution in [3.05, 3.63) is 52.8 Å². The van der Waals surface area contributed by atoms with Crippen LogP contribution in [0.5, 0.6) is 5.75 Å². The highest BCUT2D eigenvalue weighted by molar-refractivity contribution is 6.31. The molecule has 0 unspecified atom stereocenters. The van der Waals surface area contributed by atoms with Crippen molar-refractivity contribution in [1.29, 1.82) is 5.26 Å². The number of piperidine rings is 1. The Kier molecular flexibility index (Phi) is 7.73. The average molecular weight is 533 g/mol. The molecule has 3 heterocycles. The van der Waals surface area contributed by atoms with Crippen molar-refractivity contribution in [2.24, 2.45) is 5.92 Å². The Morgan fingerprint density at radius 3 is 2.50 bits per heavy atom. The summed E-state index contributed by atoms with van der Waals surface area (Å²) in [6.45, 7) is 8.17. The van der Waals surface area contributed by atoms with E-state index in [0.717, 1.165) is 80.4 Å². The number of hydrogen-bond donors (Lipinski definition) is 2. The van der Waals surface area contributed by atoms with Crippen LogP contribution in [-0.2, 0) is 0 Å². The molecule has 2 saturated heterocycles. The van der Waals surface area contributed by atoms with E-state index in [2.05, 4.69) is 44.4 Å². The van der Waals surface area contributed by atoms with E-state index in [1.54, 1.807) is 12.1 Å². The number of aromatic nitrogens is 2. The molecule has 3 aliphatic rings. The topological polar surface area (TPSA) is 80.2 Å². The highest BCUT2D eigenvalue weighted by atomic mass is 35.5. The van der Waals surface area contributed by atoms with Gasteiger partial charge in [0.05, 0.1) is 27.7 Å². The van der Waals surface area contributed by atoms with Crippen molar-refractivity contribution in [2.45, 2.75) is 50.5 Å². The molecule has 3 fully saturated rings. The number of imidazole rings is 1. The zero-order valence-electron chi connectivity index (χ0n) is 22.0. The first-order valence-electron chi connectivity index (χ1n) is 14.2. The van der Waals surface area contributed by atoms with Crippen LogP contribution in [0.3, 0.4) is 0 Å². The molecule has 0 amide bonds. The van der Waals surface area contributed by atoms with Gasteiger partial charge in [0, 0.05) is 63.5 Å². The van der Waals surface area contributed by atoms with E-state index in [4.69, 9.17) is 26.6 Å². The number of nitriles is 1. The molecule has 2 N–H and O–H groups in total. The fourth-order valence-electron chi connectivity index (χ4n) is 6.34. The van der Waals surface area contributed by atoms with Gasteiger partial charge in [0.2, 0.25) is 0 Å². The van der Waals surface area contributed by atoms with Crippen molar-refractivity contribution in [2.75, 3.05) is 50.7 Å². The number of anilines is 1. The van der Waals surface area contributed by atoms with Gasteiger partial charge in [-0.2, -0.15) is 5.26 Å². The largest absolute Gasteiger partial charge is 0.490 e. The number of H-pyrrole nitrogens is 1. The molecule has 2 aliphatic heterocycles. The van der Waals surface area contributed by atoms with Gasteiger partial charge >= 0.3 is 0 Å². The second-order valence-corrected chi connectivity index (χ2v) is 11.6. The maximum Gasteiger partial charge on any atom is 0.121 e. The van der Waals surface area contributed by atoms with Crippen molar-refractivity contribution in [3.8, 4) is 11.8 Å². The third-order valence-electron chi connectivity index (χ3n) is 8.62. The van der Waals surface area contributed by atoms with Gasteiger partial charge in [-0.15, -0.1) is 0 Å². The SMILES string of the molecule is N#Cc1ccc(O[C@H]2CC[C@H](c3nc4cc(N5CCC(CN6CCNCC6)CC5)ccc4[nH]3)CC2)cc1Cl. The number of rotatable bonds is 6. The minimum Gasteiger partial charge on any atom is -0.490 e. The number of benzene rings is 2. The molecular weight excluding hydrogens is 496 g/mol. The Hall–Kier alpha value is -2.79. The number of aromatic amines is 1. The number of fused-ring (bicyclic) bond motifs is 1. The molecule has 3 aromatic rings. The summed E-state index contributed by atoms with van der Waals surface area (Å²) in [6.07, 6.45) is 6.76. The Balaban J connectivity index is 1.03. The maximum absolute atomic E-state index is 9.07. The molecule has 0 spiro atoms. The highest BCUT2D eigenvalue weighted by Crippen LogP contribution is 2.35. The van der Waals surface area contributed by atoms with Crippen LogP contribution in [0.25, 0.3) is 11.0 Å². The van der Waals surface area contributed by atoms with Crippen LogP contribution < -0.4 is 15.0 Å². The Bertz CT molecular complexity index is 1280. The molecule has 0 radical (unpaired) electrons. The first-order chi connectivity index (χ1) is 18.6. The number of ether oxygens (including phenoxy) is 1. The maximum atomic E-state index is 9.07. The van der Waals surface area contributed by atoms with Crippen LogP contribution in [0.15, 0.2) is 36.4 Å². The van der Waals surface area contributed by atoms with Crippen molar-refractivity contribution in [1.82, 2.24) is 20.2 Å². The van der Waals surface area contributed by atoms with Gasteiger partial charge in [0.25, 0.3) is 0 Å². The third kappa shape index (κ3) is 5.78. The zero-order chi connectivity index (χ0) is 25.9. The lowest BCUT2D eigenvalue weighted by molar-refractivity contribution is 0.145. The van der Waals surface area contributed by atoms with Crippen molar-refractivity contribution >= 4 is 28.3 Å². The predicted molar refractivity (Wildman–Crippen MR) is 152 cm³/mol. The lowest BCUT2D eigenvalue weighted by Gasteiger charge is -2.37. The molecule has 200 valence electrons. The minimum absolute atomic E-state index is 0.167. The van der Waals surface area contributed by atoms with Crippen molar-refractivity contribution < 1.29 is 4.74 Å². The smallest absolute Gasteiger partial charge is 0.121 e. The van der Waals surface area contributed by atoms with E-state index < -0.39 is 0 Å². The van der Waals surface area contributed by atoms with Gasteiger partial charge in [-0.25, -0.2) is 4.98 Å². The van der Waals surface area contributed by atoms with Crippen molar-refractivity contribution in [3.63, 3.8) is 0 Å². The summed E-state index contributed by atoms with van der Waals surface area (Å²) in [5.74, 6) is 3.09. The summed E-state index contributed by atoms with van der Waals surface area (Å²) < 4.78 is 6.18. The number of nitrogens with zero attached hydrogens (tertiary/aromatic N) is 4. The Morgan fingerprint density at radius 1 is 0.974 bits per heavy atom. The monoisotopic (exact) mass is 532 g/mol. The fraction of sp³-hybridized carbons (Fsp3) is 0.533. The first kappa shape index (κ1) is 25.5. The molecule has 0 bridgehead atoms. The quantitative estimate of drug-likeness (QED) is 0.447. The van der Waals surface area contributed by atoms with Crippen LogP contribution in [0.1, 0.15) is 55.8 Å². The Labute approximate surface area is 230 Å². The van der Waals surface area contributed by atoms with E-state index in [0.29, 0.717) is 16.5 Å². The van der Waals surface area contributed by atoms with Gasteiger partial charge in [-0.1, -0.05) is 11.6 Å². The molecule has 0 atom stereocenters. The standard InChI is InChI=1S/C30H37ClN6O/c31-27-18-26(7-3-23(27)19-32)38-25-5-1-22(2-6-25)30-34-28-8-4-24(17-29(28)35-30)37-13-9-21(10-14-37)20-36-15-11-33-12-16-36/h3-4,7-8,17-18,21-22,25,33H,1-2,5-6,9-16,20H2,(H,34,35)/t22-,25-. The summed E-state index contributed by atoms with van der Waals surface area (Å²) in [5, 5.41) is 13.0. The Morgan fingerprint density at radius 2 is 1.76 bits per heavy atom. The normalized spacial score (nSPS) is 23.4. The minimum atomic E-state index is 0.167. The fourth-order valence-corrected chi connectivity index (χ4v) is 6.56. The van der Waals surface area contributed by atoms with Gasteiger partial charge in [-0.3, -0.25) is 0 Å². The number of piperazine rings is 1. The third-order valence-corrected chi connectivity index (χ3v) is 8.93. The highest BCUT2D eigenvalue weighted by Gasteiger charge is 2.27. The summed E-state index contributed by atoms with van der Waals surface area (Å²) in [6, 6.07) is 14.1. The first-order valence-corrected chi connectivity index (χ1v) is 14.6. The second-order valence-electron chi connectivity index (χ2n) is 11.1. The van der Waals surface area contributed by atoms with Gasteiger partial charge < -0.3 is 24.8 Å². The van der Waals surface area contributed by atoms with Crippen LogP contribution in [0.4, 0.5) is 5.69 Å². The summed E-state index contributed by atoms with van der Waals surface area (Å²) >= 11 is 6.17. The summed E-state index contributed by atoms with van der Waals surface area (Å²) in [4.78, 5) is 13.8. The van der Waals surface area contributed by atoms with E-state index in [1.165, 1.54) is 38.2 Å². The summed E-state index contributed by atoms with van der Waals surface area (Å²) in [7, 11) is 0. The molecule has 8 heteroatoms. The molecule has 6 rings (SSSR count). The van der Waals surface area contributed by atoms with Crippen LogP contribution in [0, 0.1) is 17.2 Å². The van der Waals surface area contributed by atoms with E-state index in [-0.39, 0.29) is 6.10 Å². The number of hydrogen-bond acceptors (Lipinski definition) is 6. The lowest BCUT2D eigenvalue weighted by atomic mass is 9.87. The molecule has 7 nitrogen and oxygen atoms in total. The van der Waals surface area contributed by atoms with Gasteiger partial charge in [0.1, 0.15) is 17.6 Å². The van der Waals surface area contributed by atoms with E-state index in [1.807, 2.05) is 6.07 Å². The summed E-state index contributed by atoms with van der Waals surface area (Å²) in [5.41, 5.74) is 3.98. The zero-order valence-corrected chi connectivity index (χ0v) is 22.7. The average Bonchev–Trinajstić information content (AvgIpc) is 3.38. The van der Waals surface area contributed by atoms with Crippen LogP contribution in [0.2, 0.25) is 5.02 Å². The molecule has 2 aromatic carbocycles. The van der Waals surface area contributed by atoms with E-state index >= 15 is 0 Å². The molecular formula is C30H37ClN6O. The molecule has 38 heavy (non-hydrogen) atoms.